The van der Waals surface area contributed by atoms with Gasteiger partial charge in [-0.15, -0.1) is 0 Å². The van der Waals surface area contributed by atoms with Crippen molar-refractivity contribution < 1.29 is 9.59 Å². The molecule has 1 aliphatic rings. The maximum Gasteiger partial charge on any atom is 0.251 e. The number of amides is 2. The summed E-state index contributed by atoms with van der Waals surface area (Å²) in [6.07, 6.45) is 1.47. The molecule has 0 saturated carbocycles. The van der Waals surface area contributed by atoms with Gasteiger partial charge in [-0.3, -0.25) is 9.59 Å². The van der Waals surface area contributed by atoms with Crippen molar-refractivity contribution in [3.05, 3.63) is 120 Å². The summed E-state index contributed by atoms with van der Waals surface area (Å²) in [6.45, 7) is 2.51. The Kier molecular flexibility index (Phi) is 9.44. The highest BCUT2D eigenvalue weighted by molar-refractivity contribution is 5.98. The van der Waals surface area contributed by atoms with Crippen LogP contribution >= 0.6 is 0 Å². The highest BCUT2D eigenvalue weighted by Gasteiger charge is 2.32. The van der Waals surface area contributed by atoms with Crippen LogP contribution in [0.3, 0.4) is 0 Å². The Hall–Kier alpha value is -4.00. The number of rotatable bonds is 10. The molecule has 5 rings (SSSR count). The average Bonchev–Trinajstić information content (AvgIpc) is 3.16. The van der Waals surface area contributed by atoms with E-state index in [0.717, 1.165) is 23.7 Å². The molecule has 2 amide bonds. The Morgan fingerprint density at radius 1 is 0.902 bits per heavy atom. The molecule has 2 N–H and O–H groups in total. The number of carbonyl (C=O) groups excluding carboxylic acids is 2. The number of nitrogens with zero attached hydrogens (tertiary/aromatic N) is 2. The fraction of sp³-hybridized carbons (Fsp3) is 0.314. The zero-order valence-electron chi connectivity index (χ0n) is 24.0. The second kappa shape index (κ2) is 13.6. The molecule has 0 aliphatic carbocycles. The van der Waals surface area contributed by atoms with Crippen LogP contribution in [0, 0.1) is 0 Å². The molecule has 0 aromatic heterocycles. The Morgan fingerprint density at radius 3 is 2.20 bits per heavy atom. The lowest BCUT2D eigenvalue weighted by Gasteiger charge is -2.29. The fourth-order valence-corrected chi connectivity index (χ4v) is 5.66. The molecule has 0 radical (unpaired) electrons. The number of hydrogen-bond donors (Lipinski definition) is 2. The summed E-state index contributed by atoms with van der Waals surface area (Å²) in [4.78, 5) is 31.2. The second-order valence-electron chi connectivity index (χ2n) is 11.2. The van der Waals surface area contributed by atoms with Crippen molar-refractivity contribution in [3.8, 4) is 0 Å². The first-order chi connectivity index (χ1) is 20.0. The third-order valence-electron chi connectivity index (χ3n) is 7.99. The highest BCUT2D eigenvalue weighted by Crippen LogP contribution is 2.27. The van der Waals surface area contributed by atoms with Crippen molar-refractivity contribution in [2.45, 2.75) is 30.8 Å². The zero-order valence-corrected chi connectivity index (χ0v) is 24.0. The number of fused-ring (bicyclic) bond motifs is 1. The van der Waals surface area contributed by atoms with Crippen LogP contribution in [0.4, 0.5) is 0 Å². The van der Waals surface area contributed by atoms with E-state index in [9.17, 15) is 9.59 Å². The molecule has 1 fully saturated rings. The molecule has 4 aromatic carbocycles. The average molecular weight is 549 g/mol. The van der Waals surface area contributed by atoms with E-state index >= 15 is 0 Å². The van der Waals surface area contributed by atoms with Crippen LogP contribution in [0.2, 0.25) is 0 Å². The lowest BCUT2D eigenvalue weighted by Crippen LogP contribution is -2.50. The minimum Gasteiger partial charge on any atom is -0.350 e. The quantitative estimate of drug-likeness (QED) is 0.296. The second-order valence-corrected chi connectivity index (χ2v) is 11.2. The Balaban J connectivity index is 1.31. The van der Waals surface area contributed by atoms with Crippen LogP contribution in [0.5, 0.6) is 0 Å². The minimum absolute atomic E-state index is 0.00702. The van der Waals surface area contributed by atoms with Gasteiger partial charge in [-0.2, -0.15) is 0 Å². The number of carbonyl (C=O) groups is 2. The molecule has 4 aromatic rings. The van der Waals surface area contributed by atoms with Crippen LogP contribution in [0.1, 0.15) is 40.2 Å². The number of nitrogens with one attached hydrogen (secondary N) is 2. The predicted octanol–water partition coefficient (Wildman–Crippen LogP) is 4.91. The summed E-state index contributed by atoms with van der Waals surface area (Å²) >= 11 is 0. The molecule has 212 valence electrons. The van der Waals surface area contributed by atoms with Gasteiger partial charge in [0.05, 0.1) is 6.04 Å². The van der Waals surface area contributed by atoms with Gasteiger partial charge in [0.1, 0.15) is 0 Å². The van der Waals surface area contributed by atoms with E-state index in [1.165, 1.54) is 11.1 Å². The maximum atomic E-state index is 13.9. The van der Waals surface area contributed by atoms with Crippen LogP contribution in [-0.2, 0) is 4.79 Å². The highest BCUT2D eigenvalue weighted by atomic mass is 16.2. The van der Waals surface area contributed by atoms with Crippen LogP contribution in [-0.4, -0.2) is 74.0 Å². The molecular weight excluding hydrogens is 508 g/mol. The molecule has 1 aliphatic heterocycles. The van der Waals surface area contributed by atoms with Gasteiger partial charge in [0.2, 0.25) is 5.91 Å². The van der Waals surface area contributed by atoms with E-state index in [1.807, 2.05) is 73.6 Å². The van der Waals surface area contributed by atoms with Gasteiger partial charge in [-0.25, -0.2) is 0 Å². The standard InChI is InChI=1S/C35H40N4O2/c1-38(2)21-20-33-35(41)39(25-32(27-12-5-3-6-13-27)28-14-7-4-8-15-28)22-19-31(37-33)24-36-34(40)30-18-17-26-11-9-10-16-29(26)23-30/h3-18,23,31-33,37H,19-22,24-25H2,1-2H3,(H,36,40). The van der Waals surface area contributed by atoms with Crippen LogP contribution in [0.25, 0.3) is 10.8 Å². The number of benzene rings is 4. The van der Waals surface area contributed by atoms with Crippen molar-refractivity contribution in [1.82, 2.24) is 20.4 Å². The van der Waals surface area contributed by atoms with Crippen molar-refractivity contribution in [2.75, 3.05) is 40.3 Å². The molecular formula is C35H40N4O2. The summed E-state index contributed by atoms with van der Waals surface area (Å²) in [5.41, 5.74) is 3.05. The minimum atomic E-state index is -0.310. The maximum absolute atomic E-state index is 13.9. The van der Waals surface area contributed by atoms with Crippen LogP contribution in [0.15, 0.2) is 103 Å². The van der Waals surface area contributed by atoms with Gasteiger partial charge in [-0.1, -0.05) is 91.0 Å². The lowest BCUT2D eigenvalue weighted by molar-refractivity contribution is -0.133. The summed E-state index contributed by atoms with van der Waals surface area (Å²) in [5, 5.41) is 8.89. The predicted molar refractivity (Wildman–Crippen MR) is 166 cm³/mol. The summed E-state index contributed by atoms with van der Waals surface area (Å²) < 4.78 is 0. The molecule has 6 heteroatoms. The molecule has 0 spiro atoms. The van der Waals surface area contributed by atoms with Gasteiger partial charge < -0.3 is 20.4 Å². The molecule has 1 saturated heterocycles. The first kappa shape index (κ1) is 28.5. The normalized spacial score (nSPS) is 17.7. The third kappa shape index (κ3) is 7.40. The van der Waals surface area contributed by atoms with Crippen molar-refractivity contribution >= 4 is 22.6 Å². The molecule has 0 bridgehead atoms. The van der Waals surface area contributed by atoms with Gasteiger partial charge in [-0.05, 0) is 67.5 Å². The zero-order chi connectivity index (χ0) is 28.6. The molecule has 2 unspecified atom stereocenters. The molecule has 1 heterocycles. The van der Waals surface area contributed by atoms with Gasteiger partial charge >= 0.3 is 0 Å². The topological polar surface area (TPSA) is 64.7 Å². The van der Waals surface area contributed by atoms with E-state index in [2.05, 4.69) is 64.1 Å². The van der Waals surface area contributed by atoms with E-state index in [-0.39, 0.29) is 29.8 Å². The summed E-state index contributed by atoms with van der Waals surface area (Å²) in [5.74, 6) is 0.120. The third-order valence-corrected chi connectivity index (χ3v) is 7.99. The van der Waals surface area contributed by atoms with E-state index in [4.69, 9.17) is 0 Å². The van der Waals surface area contributed by atoms with Gasteiger partial charge in [0.25, 0.3) is 5.91 Å². The molecule has 6 nitrogen and oxygen atoms in total. The molecule has 41 heavy (non-hydrogen) atoms. The Bertz CT molecular complexity index is 1400. The smallest absolute Gasteiger partial charge is 0.251 e. The number of hydrogen-bond acceptors (Lipinski definition) is 4. The SMILES string of the molecule is CN(C)CCC1NC(CNC(=O)c2ccc3ccccc3c2)CCN(CC(c2ccccc2)c2ccccc2)C1=O. The molecule has 2 atom stereocenters. The van der Waals surface area contributed by atoms with Crippen LogP contribution < -0.4 is 10.6 Å². The van der Waals surface area contributed by atoms with Crippen molar-refractivity contribution in [3.63, 3.8) is 0 Å². The van der Waals surface area contributed by atoms with E-state index < -0.39 is 0 Å². The van der Waals surface area contributed by atoms with Gasteiger partial charge in [0.15, 0.2) is 0 Å². The Labute approximate surface area is 243 Å². The lowest BCUT2D eigenvalue weighted by atomic mass is 9.90. The Morgan fingerprint density at radius 2 is 1.54 bits per heavy atom. The largest absolute Gasteiger partial charge is 0.350 e. The summed E-state index contributed by atoms with van der Waals surface area (Å²) in [6, 6.07) is 34.4. The van der Waals surface area contributed by atoms with Gasteiger partial charge in [0, 0.05) is 37.2 Å². The van der Waals surface area contributed by atoms with Crippen molar-refractivity contribution in [1.29, 1.82) is 0 Å². The monoisotopic (exact) mass is 548 g/mol. The van der Waals surface area contributed by atoms with E-state index in [0.29, 0.717) is 31.6 Å². The first-order valence-corrected chi connectivity index (χ1v) is 14.5. The first-order valence-electron chi connectivity index (χ1n) is 14.5. The van der Waals surface area contributed by atoms with Crippen molar-refractivity contribution in [2.24, 2.45) is 0 Å². The summed E-state index contributed by atoms with van der Waals surface area (Å²) in [7, 11) is 4.06. The fourth-order valence-electron chi connectivity index (χ4n) is 5.66. The van der Waals surface area contributed by atoms with E-state index in [1.54, 1.807) is 0 Å².